The molecule has 0 bridgehead atoms. The van der Waals surface area contributed by atoms with Crippen molar-refractivity contribution in [1.82, 2.24) is 0 Å². The van der Waals surface area contributed by atoms with Crippen LogP contribution in [0.25, 0.3) is 11.1 Å². The molecule has 0 aliphatic carbocycles. The fourth-order valence-electron chi connectivity index (χ4n) is 2.07. The summed E-state index contributed by atoms with van der Waals surface area (Å²) in [6, 6.07) is 10.4. The quantitative estimate of drug-likeness (QED) is 0.717. The van der Waals surface area contributed by atoms with Gasteiger partial charge in [0.2, 0.25) is 0 Å². The Morgan fingerprint density at radius 1 is 1.00 bits per heavy atom. The first kappa shape index (κ1) is 12.5. The van der Waals surface area contributed by atoms with E-state index in [1.165, 1.54) is 19.1 Å². The third kappa shape index (κ3) is 2.33. The van der Waals surface area contributed by atoms with Gasteiger partial charge < -0.3 is 0 Å². The lowest BCUT2D eigenvalue weighted by atomic mass is 9.93. The fraction of sp³-hybridized carbons (Fsp3) is 0.188. The van der Waals surface area contributed by atoms with Gasteiger partial charge in [-0.2, -0.15) is 0 Å². The van der Waals surface area contributed by atoms with Gasteiger partial charge in [-0.15, -0.1) is 0 Å². The molecule has 0 aromatic heterocycles. The molecule has 0 spiro atoms. The van der Waals surface area contributed by atoms with Crippen LogP contribution in [0.4, 0.5) is 4.39 Å². The van der Waals surface area contributed by atoms with Crippen molar-refractivity contribution in [3.8, 4) is 11.1 Å². The van der Waals surface area contributed by atoms with Gasteiger partial charge >= 0.3 is 0 Å². The second kappa shape index (κ2) is 4.73. The molecular weight excluding hydrogens is 227 g/mol. The third-order valence-electron chi connectivity index (χ3n) is 3.04. The predicted octanol–water partition coefficient (Wildman–Crippen LogP) is 4.31. The van der Waals surface area contributed by atoms with Crippen LogP contribution in [0.2, 0.25) is 0 Å². The molecule has 2 heteroatoms. The maximum absolute atomic E-state index is 13.3. The normalized spacial score (nSPS) is 10.4. The Bertz CT molecular complexity index is 614. The first-order valence-corrected chi connectivity index (χ1v) is 5.87. The zero-order chi connectivity index (χ0) is 13.3. The number of Topliss-reactive ketones (excluding diaryl/α,β-unsaturated/α-hetero) is 1. The molecule has 92 valence electrons. The van der Waals surface area contributed by atoms with Crippen LogP contribution in [0.3, 0.4) is 0 Å². The average Bonchev–Trinajstić information content (AvgIpc) is 2.32. The van der Waals surface area contributed by atoms with E-state index in [9.17, 15) is 9.18 Å². The summed E-state index contributed by atoms with van der Waals surface area (Å²) in [5.41, 5.74) is 4.41. The molecular formula is C16H15FO. The highest BCUT2D eigenvalue weighted by atomic mass is 19.1. The van der Waals surface area contributed by atoms with Crippen LogP contribution in [0, 0.1) is 19.7 Å². The smallest absolute Gasteiger partial charge is 0.160 e. The third-order valence-corrected chi connectivity index (χ3v) is 3.04. The Morgan fingerprint density at radius 3 is 2.39 bits per heavy atom. The summed E-state index contributed by atoms with van der Waals surface area (Å²) in [6.07, 6.45) is 0. The van der Waals surface area contributed by atoms with Crippen molar-refractivity contribution in [2.45, 2.75) is 20.8 Å². The molecule has 2 aromatic carbocycles. The molecule has 0 atom stereocenters. The van der Waals surface area contributed by atoms with E-state index in [4.69, 9.17) is 0 Å². The molecule has 0 saturated heterocycles. The Morgan fingerprint density at radius 2 is 1.72 bits per heavy atom. The van der Waals surface area contributed by atoms with Gasteiger partial charge in [0.1, 0.15) is 5.82 Å². The summed E-state index contributed by atoms with van der Waals surface area (Å²) in [7, 11) is 0. The lowest BCUT2D eigenvalue weighted by molar-refractivity contribution is 0.101. The standard InChI is InChI=1S/C16H15FO/c1-10-4-5-11(2)15(8-10)14-7-6-13(17)9-16(14)12(3)18/h4-9H,1-3H3. The van der Waals surface area contributed by atoms with E-state index in [1.807, 2.05) is 32.0 Å². The van der Waals surface area contributed by atoms with Crippen molar-refractivity contribution in [1.29, 1.82) is 0 Å². The second-order valence-electron chi connectivity index (χ2n) is 4.56. The maximum Gasteiger partial charge on any atom is 0.160 e. The van der Waals surface area contributed by atoms with E-state index < -0.39 is 0 Å². The summed E-state index contributed by atoms with van der Waals surface area (Å²) >= 11 is 0. The molecule has 0 heterocycles. The number of ketones is 1. The van der Waals surface area contributed by atoms with E-state index in [0.717, 1.165) is 22.3 Å². The molecule has 0 unspecified atom stereocenters. The van der Waals surface area contributed by atoms with Gasteiger partial charge in [0, 0.05) is 5.56 Å². The summed E-state index contributed by atoms with van der Waals surface area (Å²) < 4.78 is 13.3. The van der Waals surface area contributed by atoms with E-state index in [1.54, 1.807) is 6.07 Å². The molecule has 0 aliphatic heterocycles. The Balaban J connectivity index is 2.70. The number of halogens is 1. The lowest BCUT2D eigenvalue weighted by Gasteiger charge is -2.11. The lowest BCUT2D eigenvalue weighted by Crippen LogP contribution is -1.98. The van der Waals surface area contributed by atoms with Crippen LogP contribution in [0.5, 0.6) is 0 Å². The first-order chi connectivity index (χ1) is 8.49. The second-order valence-corrected chi connectivity index (χ2v) is 4.56. The van der Waals surface area contributed by atoms with Crippen molar-refractivity contribution in [3.63, 3.8) is 0 Å². The molecule has 0 N–H and O–H groups in total. The number of hydrogen-bond donors (Lipinski definition) is 0. The fourth-order valence-corrected chi connectivity index (χ4v) is 2.07. The van der Waals surface area contributed by atoms with Crippen LogP contribution < -0.4 is 0 Å². The average molecular weight is 242 g/mol. The topological polar surface area (TPSA) is 17.1 Å². The van der Waals surface area contributed by atoms with Crippen molar-refractivity contribution in [3.05, 3.63) is 58.9 Å². The van der Waals surface area contributed by atoms with Crippen molar-refractivity contribution in [2.75, 3.05) is 0 Å². The summed E-state index contributed by atoms with van der Waals surface area (Å²) in [4.78, 5) is 11.6. The highest BCUT2D eigenvalue weighted by Crippen LogP contribution is 2.28. The molecule has 2 aromatic rings. The van der Waals surface area contributed by atoms with Gasteiger partial charge in [0.25, 0.3) is 0 Å². The summed E-state index contributed by atoms with van der Waals surface area (Å²) in [5, 5.41) is 0. The monoisotopic (exact) mass is 242 g/mol. The number of carbonyl (C=O) groups excluding carboxylic acids is 1. The molecule has 18 heavy (non-hydrogen) atoms. The van der Waals surface area contributed by atoms with Crippen LogP contribution in [0.1, 0.15) is 28.4 Å². The molecule has 0 aliphatic rings. The SMILES string of the molecule is CC(=O)c1cc(F)ccc1-c1cc(C)ccc1C. The van der Waals surface area contributed by atoms with E-state index in [0.29, 0.717) is 5.56 Å². The number of hydrogen-bond acceptors (Lipinski definition) is 1. The Kier molecular flexibility index (Phi) is 3.28. The van der Waals surface area contributed by atoms with Crippen LogP contribution >= 0.6 is 0 Å². The molecule has 0 fully saturated rings. The highest BCUT2D eigenvalue weighted by Gasteiger charge is 2.12. The minimum Gasteiger partial charge on any atom is -0.294 e. The number of rotatable bonds is 2. The highest BCUT2D eigenvalue weighted by molar-refractivity contribution is 6.01. The largest absolute Gasteiger partial charge is 0.294 e. The molecule has 2 rings (SSSR count). The predicted molar refractivity (Wildman–Crippen MR) is 71.3 cm³/mol. The Labute approximate surface area is 106 Å². The zero-order valence-electron chi connectivity index (χ0n) is 10.8. The minimum absolute atomic E-state index is 0.120. The molecule has 1 nitrogen and oxygen atoms in total. The minimum atomic E-state index is -0.380. The number of benzene rings is 2. The van der Waals surface area contributed by atoms with Crippen LogP contribution in [-0.4, -0.2) is 5.78 Å². The van der Waals surface area contributed by atoms with Gasteiger partial charge in [-0.1, -0.05) is 29.8 Å². The van der Waals surface area contributed by atoms with Crippen molar-refractivity contribution < 1.29 is 9.18 Å². The Hall–Kier alpha value is -1.96. The van der Waals surface area contributed by atoms with Crippen LogP contribution in [-0.2, 0) is 0 Å². The zero-order valence-corrected chi connectivity index (χ0v) is 10.8. The van der Waals surface area contributed by atoms with E-state index in [2.05, 4.69) is 0 Å². The summed E-state index contributed by atoms with van der Waals surface area (Å²) in [6.45, 7) is 5.45. The van der Waals surface area contributed by atoms with Gasteiger partial charge in [-0.25, -0.2) is 4.39 Å². The number of aryl methyl sites for hydroxylation is 2. The van der Waals surface area contributed by atoms with Crippen molar-refractivity contribution >= 4 is 5.78 Å². The summed E-state index contributed by atoms with van der Waals surface area (Å²) in [5.74, 6) is -0.500. The maximum atomic E-state index is 13.3. The number of carbonyl (C=O) groups is 1. The first-order valence-electron chi connectivity index (χ1n) is 5.87. The van der Waals surface area contributed by atoms with Gasteiger partial charge in [-0.05, 0) is 49.6 Å². The molecule has 0 radical (unpaired) electrons. The van der Waals surface area contributed by atoms with Gasteiger partial charge in [0.05, 0.1) is 0 Å². The van der Waals surface area contributed by atoms with Crippen LogP contribution in [0.15, 0.2) is 36.4 Å². The molecule has 0 saturated carbocycles. The van der Waals surface area contributed by atoms with Crippen molar-refractivity contribution in [2.24, 2.45) is 0 Å². The van der Waals surface area contributed by atoms with Gasteiger partial charge in [-0.3, -0.25) is 4.79 Å². The van der Waals surface area contributed by atoms with E-state index >= 15 is 0 Å². The van der Waals surface area contributed by atoms with Gasteiger partial charge in [0.15, 0.2) is 5.78 Å². The van der Waals surface area contributed by atoms with E-state index in [-0.39, 0.29) is 11.6 Å². The molecule has 0 amide bonds.